The summed E-state index contributed by atoms with van der Waals surface area (Å²) in [7, 11) is 1.57. The molecule has 0 unspecified atom stereocenters. The van der Waals surface area contributed by atoms with Gasteiger partial charge in [-0.25, -0.2) is 9.97 Å². The maximum Gasteiger partial charge on any atom is 0.416 e. The van der Waals surface area contributed by atoms with Crippen molar-refractivity contribution in [3.63, 3.8) is 0 Å². The van der Waals surface area contributed by atoms with E-state index in [9.17, 15) is 18.0 Å². The molecule has 178 valence electrons. The van der Waals surface area contributed by atoms with Gasteiger partial charge in [-0.1, -0.05) is 0 Å². The molecule has 10 heteroatoms. The summed E-state index contributed by atoms with van der Waals surface area (Å²) in [5.41, 5.74) is 6.23. The van der Waals surface area contributed by atoms with E-state index in [0.29, 0.717) is 49.6 Å². The largest absolute Gasteiger partial charge is 0.416 e. The van der Waals surface area contributed by atoms with Crippen LogP contribution in [0.4, 0.5) is 24.7 Å². The highest BCUT2D eigenvalue weighted by molar-refractivity contribution is 5.86. The Balaban J connectivity index is 1.61. The number of nitrogens with two attached hydrogens (primary N) is 1. The molecule has 7 nitrogen and oxygen atoms in total. The quantitative estimate of drug-likeness (QED) is 0.651. The lowest BCUT2D eigenvalue weighted by atomic mass is 9.78. The third-order valence-electron chi connectivity index (χ3n) is 6.56. The van der Waals surface area contributed by atoms with Crippen molar-refractivity contribution in [2.24, 2.45) is 0 Å². The number of aromatic nitrogens is 2. The Kier molecular flexibility index (Phi) is 5.98. The van der Waals surface area contributed by atoms with Crippen LogP contribution in [0.2, 0.25) is 0 Å². The highest BCUT2D eigenvalue weighted by Crippen LogP contribution is 2.39. The Morgan fingerprint density at radius 3 is 2.61 bits per heavy atom. The Hall–Kier alpha value is -2.88. The standard InChI is InChI=1S/C23H28F3N5O2/c1-13(15-9-16(23(24,25)26)11-17(27)10-15)28-20-18-12-31(8-5-19(18)29-14(2)30-20)21(32)22(33-3)6-4-7-22/h9-11,13H,4-8,12,27H2,1-3H3,(H,28,29,30)/t13-/m1/s1. The number of rotatable bonds is 5. The number of hydrogen-bond donors (Lipinski definition) is 2. The molecule has 4 rings (SSSR count). The van der Waals surface area contributed by atoms with Crippen LogP contribution < -0.4 is 11.1 Å². The van der Waals surface area contributed by atoms with Crippen LogP contribution in [0.3, 0.4) is 0 Å². The monoisotopic (exact) mass is 463 g/mol. The van der Waals surface area contributed by atoms with Crippen LogP contribution in [-0.2, 0) is 28.7 Å². The van der Waals surface area contributed by atoms with Crippen LogP contribution in [0.5, 0.6) is 0 Å². The second kappa shape index (κ2) is 8.48. The summed E-state index contributed by atoms with van der Waals surface area (Å²) >= 11 is 0. The minimum Gasteiger partial charge on any atom is -0.399 e. The fraction of sp³-hybridized carbons (Fsp3) is 0.522. The first-order chi connectivity index (χ1) is 15.5. The molecule has 1 amide bonds. The number of fused-ring (bicyclic) bond motifs is 1. The van der Waals surface area contributed by atoms with Gasteiger partial charge in [0.2, 0.25) is 0 Å². The maximum absolute atomic E-state index is 13.3. The molecule has 1 aliphatic carbocycles. The first-order valence-electron chi connectivity index (χ1n) is 11.0. The second-order valence-corrected chi connectivity index (χ2v) is 8.83. The summed E-state index contributed by atoms with van der Waals surface area (Å²) in [6, 6.07) is 3.02. The van der Waals surface area contributed by atoms with Gasteiger partial charge in [0.1, 0.15) is 17.2 Å². The third kappa shape index (κ3) is 4.48. The van der Waals surface area contributed by atoms with E-state index in [4.69, 9.17) is 10.5 Å². The number of nitrogen functional groups attached to an aromatic ring is 1. The first-order valence-corrected chi connectivity index (χ1v) is 11.0. The Labute approximate surface area is 190 Å². The van der Waals surface area contributed by atoms with Gasteiger partial charge in [0.15, 0.2) is 0 Å². The van der Waals surface area contributed by atoms with Crippen molar-refractivity contribution in [3.8, 4) is 0 Å². The highest BCUT2D eigenvalue weighted by atomic mass is 19.4. The van der Waals surface area contributed by atoms with Gasteiger partial charge in [-0.3, -0.25) is 4.79 Å². The molecule has 0 saturated heterocycles. The van der Waals surface area contributed by atoms with Gasteiger partial charge in [0.05, 0.1) is 23.8 Å². The number of aryl methyl sites for hydroxylation is 1. The number of ether oxygens (including phenoxy) is 1. The van der Waals surface area contributed by atoms with Crippen molar-refractivity contribution in [3.05, 3.63) is 46.4 Å². The van der Waals surface area contributed by atoms with Crippen molar-refractivity contribution < 1.29 is 22.7 Å². The molecule has 1 fully saturated rings. The normalized spacial score (nSPS) is 18.3. The fourth-order valence-corrected chi connectivity index (χ4v) is 4.50. The van der Waals surface area contributed by atoms with Gasteiger partial charge in [-0.15, -0.1) is 0 Å². The van der Waals surface area contributed by atoms with Gasteiger partial charge < -0.3 is 20.7 Å². The molecule has 0 bridgehead atoms. The van der Waals surface area contributed by atoms with Crippen LogP contribution in [-0.4, -0.2) is 40.0 Å². The molecule has 2 heterocycles. The topological polar surface area (TPSA) is 93.4 Å². The summed E-state index contributed by atoms with van der Waals surface area (Å²) in [6.45, 7) is 4.37. The zero-order valence-electron chi connectivity index (χ0n) is 18.9. The number of hydrogen-bond acceptors (Lipinski definition) is 6. The molecular formula is C23H28F3N5O2. The van der Waals surface area contributed by atoms with Crippen LogP contribution in [0, 0.1) is 6.92 Å². The number of anilines is 2. The SMILES string of the molecule is COC1(C(=O)N2CCc3nc(C)nc(N[C@H](C)c4cc(N)cc(C(F)(F)F)c4)c3C2)CCC1. The van der Waals surface area contributed by atoms with Crippen LogP contribution in [0.1, 0.15) is 60.4 Å². The molecule has 1 saturated carbocycles. The average molecular weight is 464 g/mol. The minimum absolute atomic E-state index is 0.0351. The number of carbonyl (C=O) groups excluding carboxylic acids is 1. The number of alkyl halides is 3. The number of carbonyl (C=O) groups is 1. The van der Waals surface area contributed by atoms with Crippen LogP contribution >= 0.6 is 0 Å². The lowest BCUT2D eigenvalue weighted by molar-refractivity contribution is -0.167. The molecule has 1 aromatic heterocycles. The molecule has 0 radical (unpaired) electrons. The number of amides is 1. The number of halogens is 3. The van der Waals surface area contributed by atoms with E-state index in [0.717, 1.165) is 29.8 Å². The second-order valence-electron chi connectivity index (χ2n) is 8.83. The average Bonchev–Trinajstić information content (AvgIpc) is 2.71. The fourth-order valence-electron chi connectivity index (χ4n) is 4.50. The number of nitrogens with one attached hydrogen (secondary N) is 1. The van der Waals surface area contributed by atoms with Crippen LogP contribution in [0.15, 0.2) is 18.2 Å². The summed E-state index contributed by atoms with van der Waals surface area (Å²) < 4.78 is 45.3. The molecule has 1 aliphatic heterocycles. The van der Waals surface area contributed by atoms with Gasteiger partial charge >= 0.3 is 6.18 Å². The van der Waals surface area contributed by atoms with Crippen molar-refractivity contribution >= 4 is 17.4 Å². The predicted octanol–water partition coefficient (Wildman–Crippen LogP) is 4.01. The Morgan fingerprint density at radius 2 is 2.00 bits per heavy atom. The summed E-state index contributed by atoms with van der Waals surface area (Å²) in [4.78, 5) is 24.0. The van der Waals surface area contributed by atoms with Gasteiger partial charge in [0, 0.05) is 31.3 Å². The zero-order valence-corrected chi connectivity index (χ0v) is 18.9. The predicted molar refractivity (Wildman–Crippen MR) is 117 cm³/mol. The molecule has 1 atom stereocenters. The Morgan fingerprint density at radius 1 is 1.27 bits per heavy atom. The molecule has 2 aliphatic rings. The highest BCUT2D eigenvalue weighted by Gasteiger charge is 2.47. The molecule has 0 spiro atoms. The van der Waals surface area contributed by atoms with Crippen molar-refractivity contribution in [1.82, 2.24) is 14.9 Å². The Bertz CT molecular complexity index is 1060. The minimum atomic E-state index is -4.49. The van der Waals surface area contributed by atoms with E-state index in [-0.39, 0.29) is 11.6 Å². The van der Waals surface area contributed by atoms with Crippen molar-refractivity contribution in [2.75, 3.05) is 24.7 Å². The molecule has 33 heavy (non-hydrogen) atoms. The van der Waals surface area contributed by atoms with E-state index in [1.807, 2.05) is 0 Å². The summed E-state index contributed by atoms with van der Waals surface area (Å²) in [5.74, 6) is 1.03. The maximum atomic E-state index is 13.3. The van der Waals surface area contributed by atoms with E-state index in [1.165, 1.54) is 6.07 Å². The number of nitrogens with zero attached hydrogens (tertiary/aromatic N) is 3. The van der Waals surface area contributed by atoms with E-state index < -0.39 is 23.4 Å². The van der Waals surface area contributed by atoms with Gasteiger partial charge in [-0.05, 0) is 56.9 Å². The molecular weight excluding hydrogens is 435 g/mol. The number of benzene rings is 1. The van der Waals surface area contributed by atoms with E-state index >= 15 is 0 Å². The lowest BCUT2D eigenvalue weighted by Crippen LogP contribution is -2.55. The van der Waals surface area contributed by atoms with E-state index in [1.54, 1.807) is 25.9 Å². The molecule has 1 aromatic carbocycles. The van der Waals surface area contributed by atoms with Crippen LogP contribution in [0.25, 0.3) is 0 Å². The first kappa shape index (κ1) is 23.3. The van der Waals surface area contributed by atoms with Crippen molar-refractivity contribution in [1.29, 1.82) is 0 Å². The smallest absolute Gasteiger partial charge is 0.399 e. The number of methoxy groups -OCH3 is 1. The molecule has 3 N–H and O–H groups in total. The lowest BCUT2D eigenvalue weighted by Gasteiger charge is -2.43. The van der Waals surface area contributed by atoms with Crippen molar-refractivity contribution in [2.45, 2.75) is 63.9 Å². The summed E-state index contributed by atoms with van der Waals surface area (Å²) in [5, 5.41) is 3.23. The summed E-state index contributed by atoms with van der Waals surface area (Å²) in [6.07, 6.45) is -1.56. The zero-order chi connectivity index (χ0) is 24.0. The van der Waals surface area contributed by atoms with Gasteiger partial charge in [0.25, 0.3) is 5.91 Å². The molecule has 2 aromatic rings. The van der Waals surface area contributed by atoms with Gasteiger partial charge in [-0.2, -0.15) is 13.2 Å². The third-order valence-corrected chi connectivity index (χ3v) is 6.56. The van der Waals surface area contributed by atoms with E-state index in [2.05, 4.69) is 15.3 Å².